The molecule has 0 spiro atoms. The molecule has 25 heavy (non-hydrogen) atoms. The second-order valence-corrected chi connectivity index (χ2v) is 7.54. The minimum absolute atomic E-state index is 0.412. The van der Waals surface area contributed by atoms with Gasteiger partial charge in [0.1, 0.15) is 4.60 Å². The lowest BCUT2D eigenvalue weighted by Crippen LogP contribution is -2.33. The summed E-state index contributed by atoms with van der Waals surface area (Å²) in [7, 11) is 0. The van der Waals surface area contributed by atoms with E-state index in [9.17, 15) is 0 Å². The molecule has 5 nitrogen and oxygen atoms in total. The molecule has 130 valence electrons. The van der Waals surface area contributed by atoms with E-state index in [-0.39, 0.29) is 0 Å². The van der Waals surface area contributed by atoms with Crippen LogP contribution in [0.4, 0.5) is 0 Å². The van der Waals surface area contributed by atoms with E-state index in [1.807, 2.05) is 25.4 Å². The van der Waals surface area contributed by atoms with Gasteiger partial charge in [-0.25, -0.2) is 9.97 Å². The topological polar surface area (TPSA) is 46.3 Å². The van der Waals surface area contributed by atoms with Gasteiger partial charge in [0.15, 0.2) is 0 Å². The maximum atomic E-state index is 4.80. The normalized spacial score (nSPS) is 18.8. The van der Waals surface area contributed by atoms with Gasteiger partial charge in [-0.15, -0.1) is 0 Å². The number of fused-ring (bicyclic) bond motifs is 1. The van der Waals surface area contributed by atoms with Crippen LogP contribution in [0.2, 0.25) is 0 Å². The van der Waals surface area contributed by atoms with Crippen LogP contribution >= 0.6 is 15.9 Å². The zero-order valence-corrected chi connectivity index (χ0v) is 16.2. The molecule has 1 fully saturated rings. The third-order valence-corrected chi connectivity index (χ3v) is 5.76. The first-order chi connectivity index (χ1) is 12.1. The average molecular weight is 400 g/mol. The summed E-state index contributed by atoms with van der Waals surface area (Å²) in [4.78, 5) is 16.2. The zero-order chi connectivity index (χ0) is 17.4. The Kier molecular flexibility index (Phi) is 4.56. The van der Waals surface area contributed by atoms with Crippen LogP contribution in [0.15, 0.2) is 35.2 Å². The number of imidazole rings is 1. The molecule has 3 aromatic heterocycles. The summed E-state index contributed by atoms with van der Waals surface area (Å²) in [6.45, 7) is 6.02. The Labute approximate surface area is 156 Å². The molecule has 3 aromatic rings. The molecule has 1 aliphatic heterocycles. The van der Waals surface area contributed by atoms with E-state index in [0.29, 0.717) is 6.04 Å². The molecule has 0 radical (unpaired) electrons. The summed E-state index contributed by atoms with van der Waals surface area (Å²) >= 11 is 3.75. The predicted octanol–water partition coefficient (Wildman–Crippen LogP) is 4.23. The van der Waals surface area contributed by atoms with Gasteiger partial charge < -0.3 is 0 Å². The van der Waals surface area contributed by atoms with Crippen molar-refractivity contribution in [1.82, 2.24) is 24.3 Å². The van der Waals surface area contributed by atoms with E-state index >= 15 is 0 Å². The number of hydrogen-bond donors (Lipinski definition) is 0. The number of nitrogens with zero attached hydrogens (tertiary/aromatic N) is 5. The Morgan fingerprint density at radius 1 is 1.24 bits per heavy atom. The summed E-state index contributed by atoms with van der Waals surface area (Å²) in [6, 6.07) is 6.71. The summed E-state index contributed by atoms with van der Waals surface area (Å²) in [5.74, 6) is 0.773. The number of rotatable bonds is 3. The number of aromatic nitrogens is 4. The highest BCUT2D eigenvalue weighted by Gasteiger charge is 2.26. The van der Waals surface area contributed by atoms with Gasteiger partial charge in [0.25, 0.3) is 0 Å². The molecule has 0 aliphatic carbocycles. The molecule has 1 unspecified atom stereocenters. The third-order valence-electron chi connectivity index (χ3n) is 4.95. The highest BCUT2D eigenvalue weighted by atomic mass is 79.9. The van der Waals surface area contributed by atoms with Gasteiger partial charge >= 0.3 is 0 Å². The third kappa shape index (κ3) is 3.20. The molecule has 0 aromatic carbocycles. The van der Waals surface area contributed by atoms with Crippen LogP contribution < -0.4 is 0 Å². The fourth-order valence-corrected chi connectivity index (χ4v) is 4.45. The molecule has 1 aliphatic rings. The Morgan fingerprint density at radius 3 is 2.92 bits per heavy atom. The van der Waals surface area contributed by atoms with Gasteiger partial charge in [0.2, 0.25) is 5.78 Å². The second-order valence-electron chi connectivity index (χ2n) is 6.79. The first kappa shape index (κ1) is 16.7. The van der Waals surface area contributed by atoms with Crippen LogP contribution in [0.5, 0.6) is 0 Å². The van der Waals surface area contributed by atoms with E-state index in [4.69, 9.17) is 4.98 Å². The number of pyridine rings is 1. The van der Waals surface area contributed by atoms with Crippen molar-refractivity contribution in [1.29, 1.82) is 0 Å². The van der Waals surface area contributed by atoms with Crippen molar-refractivity contribution in [2.45, 2.75) is 45.7 Å². The van der Waals surface area contributed by atoms with E-state index < -0.39 is 0 Å². The minimum atomic E-state index is 0.412. The van der Waals surface area contributed by atoms with Crippen LogP contribution in [-0.2, 0) is 6.54 Å². The van der Waals surface area contributed by atoms with Crippen LogP contribution in [0, 0.1) is 13.8 Å². The Balaban J connectivity index is 1.67. The first-order valence-electron chi connectivity index (χ1n) is 8.78. The van der Waals surface area contributed by atoms with Crippen LogP contribution in [0.1, 0.15) is 47.9 Å². The van der Waals surface area contributed by atoms with Crippen molar-refractivity contribution in [3.63, 3.8) is 0 Å². The smallest absolute Gasteiger partial charge is 0.235 e. The molecule has 4 rings (SSSR count). The SMILES string of the molecule is Cc1cc(C)n2c(Br)c(CN3CCCCC3c3cccnc3)nc2n1. The number of halogens is 1. The zero-order valence-electron chi connectivity index (χ0n) is 14.6. The number of aryl methyl sites for hydroxylation is 2. The summed E-state index contributed by atoms with van der Waals surface area (Å²) in [6.07, 6.45) is 7.51. The highest BCUT2D eigenvalue weighted by molar-refractivity contribution is 9.10. The highest BCUT2D eigenvalue weighted by Crippen LogP contribution is 2.33. The Bertz CT molecular complexity index is 890. The molecule has 0 bridgehead atoms. The second kappa shape index (κ2) is 6.84. The summed E-state index contributed by atoms with van der Waals surface area (Å²) in [5, 5.41) is 0. The van der Waals surface area contributed by atoms with Gasteiger partial charge in [-0.05, 0) is 66.9 Å². The molecule has 1 saturated heterocycles. The lowest BCUT2D eigenvalue weighted by molar-refractivity contribution is 0.138. The van der Waals surface area contributed by atoms with Crippen molar-refractivity contribution < 1.29 is 0 Å². The van der Waals surface area contributed by atoms with Crippen LogP contribution in [0.3, 0.4) is 0 Å². The molecular formula is C19H22BrN5. The monoisotopic (exact) mass is 399 g/mol. The van der Waals surface area contributed by atoms with E-state index in [0.717, 1.165) is 40.6 Å². The van der Waals surface area contributed by atoms with E-state index in [1.54, 1.807) is 0 Å². The van der Waals surface area contributed by atoms with Crippen molar-refractivity contribution in [2.24, 2.45) is 0 Å². The summed E-state index contributed by atoms with van der Waals surface area (Å²) < 4.78 is 3.11. The van der Waals surface area contributed by atoms with Gasteiger partial charge in [-0.3, -0.25) is 14.3 Å². The fraction of sp³-hybridized carbons (Fsp3) is 0.421. The molecule has 4 heterocycles. The van der Waals surface area contributed by atoms with Gasteiger partial charge in [-0.2, -0.15) is 0 Å². The Hall–Kier alpha value is -1.79. The molecule has 0 saturated carbocycles. The van der Waals surface area contributed by atoms with E-state index in [1.165, 1.54) is 24.8 Å². The molecule has 0 amide bonds. The fourth-order valence-electron chi connectivity index (χ4n) is 3.80. The predicted molar refractivity (Wildman–Crippen MR) is 101 cm³/mol. The van der Waals surface area contributed by atoms with Crippen molar-refractivity contribution in [3.05, 3.63) is 57.8 Å². The molecule has 0 N–H and O–H groups in total. The minimum Gasteiger partial charge on any atom is -0.290 e. The lowest BCUT2D eigenvalue weighted by Gasteiger charge is -2.35. The maximum Gasteiger partial charge on any atom is 0.235 e. The van der Waals surface area contributed by atoms with Crippen LogP contribution in [0.25, 0.3) is 5.78 Å². The quantitative estimate of drug-likeness (QED) is 0.660. The van der Waals surface area contributed by atoms with E-state index in [2.05, 4.69) is 54.3 Å². The Morgan fingerprint density at radius 2 is 2.12 bits per heavy atom. The lowest BCUT2D eigenvalue weighted by atomic mass is 9.96. The van der Waals surface area contributed by atoms with Crippen molar-refractivity contribution >= 4 is 21.7 Å². The van der Waals surface area contributed by atoms with Crippen molar-refractivity contribution in [3.8, 4) is 0 Å². The van der Waals surface area contributed by atoms with Crippen molar-refractivity contribution in [2.75, 3.05) is 6.54 Å². The average Bonchev–Trinajstić information content (AvgIpc) is 2.92. The van der Waals surface area contributed by atoms with Gasteiger partial charge in [-0.1, -0.05) is 12.5 Å². The molecular weight excluding hydrogens is 378 g/mol. The number of likely N-dealkylation sites (tertiary alicyclic amines) is 1. The number of hydrogen-bond acceptors (Lipinski definition) is 4. The maximum absolute atomic E-state index is 4.80. The molecule has 1 atom stereocenters. The standard InChI is InChI=1S/C19H22BrN5/c1-13-10-14(2)25-18(20)16(23-19(25)22-13)12-24-9-4-3-7-17(24)15-6-5-8-21-11-15/h5-6,8,10-11,17H,3-4,7,9,12H2,1-2H3. The first-order valence-corrected chi connectivity index (χ1v) is 9.58. The van der Waals surface area contributed by atoms with Crippen LogP contribution in [-0.4, -0.2) is 30.8 Å². The molecule has 6 heteroatoms. The van der Waals surface area contributed by atoms with Gasteiger partial charge in [0.05, 0.1) is 5.69 Å². The number of piperidine rings is 1. The largest absolute Gasteiger partial charge is 0.290 e. The van der Waals surface area contributed by atoms with Gasteiger partial charge in [0, 0.05) is 36.4 Å². The summed E-state index contributed by atoms with van der Waals surface area (Å²) in [5.41, 5.74) is 4.50.